The number of anilines is 1. The molecule has 0 radical (unpaired) electrons. The molecule has 2 atom stereocenters. The maximum Gasteiger partial charge on any atom is 0.307 e. The van der Waals surface area contributed by atoms with Gasteiger partial charge in [-0.2, -0.15) is 0 Å². The van der Waals surface area contributed by atoms with Crippen molar-refractivity contribution in [2.75, 3.05) is 11.1 Å². The van der Waals surface area contributed by atoms with E-state index in [1.807, 2.05) is 24.3 Å². The minimum atomic E-state index is -0.894. The van der Waals surface area contributed by atoms with E-state index < -0.39 is 17.8 Å². The number of aliphatic carboxylic acids is 1. The molecule has 194 valence electrons. The molecule has 2 aromatic carbocycles. The molecule has 5 rings (SSSR count). The topological polar surface area (TPSA) is 96.4 Å². The predicted molar refractivity (Wildman–Crippen MR) is 149 cm³/mol. The Kier molecular flexibility index (Phi) is 8.25. The minimum Gasteiger partial charge on any atom is -0.481 e. The summed E-state index contributed by atoms with van der Waals surface area (Å²) in [4.78, 5) is 41.8. The van der Waals surface area contributed by atoms with Crippen LogP contribution in [0.15, 0.2) is 46.8 Å². The van der Waals surface area contributed by atoms with Gasteiger partial charge < -0.3 is 10.4 Å². The van der Waals surface area contributed by atoms with Crippen LogP contribution in [0.2, 0.25) is 0 Å². The quantitative estimate of drug-likeness (QED) is 0.234. The third-order valence-electron chi connectivity index (χ3n) is 7.69. The van der Waals surface area contributed by atoms with Crippen molar-refractivity contribution in [1.29, 1.82) is 0 Å². The number of thiazole rings is 1. The number of carboxylic acid groups (broad SMARTS) is 1. The monoisotopic (exact) mass is 536 g/mol. The van der Waals surface area contributed by atoms with Crippen LogP contribution in [0.25, 0.3) is 10.2 Å². The molecule has 2 aliphatic rings. The maximum absolute atomic E-state index is 12.8. The molecule has 37 heavy (non-hydrogen) atoms. The second-order valence-corrected chi connectivity index (χ2v) is 12.4. The number of aromatic nitrogens is 1. The SMILES string of the molecule is O=C(CSc1nc2ccc(NC(=O)[C@@H]3CCCC[C@H]3C(=O)O)cc2s1)c1ccc(C2CCCCC2)cc1. The fraction of sp³-hybridized carbons (Fsp3) is 0.448. The summed E-state index contributed by atoms with van der Waals surface area (Å²) in [6.07, 6.45) is 9.29. The molecule has 0 unspecified atom stereocenters. The summed E-state index contributed by atoms with van der Waals surface area (Å²) in [5.41, 5.74) is 3.54. The van der Waals surface area contributed by atoms with E-state index in [2.05, 4.69) is 22.4 Å². The Morgan fingerprint density at radius 2 is 1.62 bits per heavy atom. The van der Waals surface area contributed by atoms with Gasteiger partial charge in [-0.15, -0.1) is 11.3 Å². The molecule has 3 aromatic rings. The van der Waals surface area contributed by atoms with Crippen LogP contribution in [-0.2, 0) is 9.59 Å². The van der Waals surface area contributed by atoms with Crippen LogP contribution in [0.4, 0.5) is 5.69 Å². The van der Waals surface area contributed by atoms with Gasteiger partial charge in [-0.05, 0) is 55.4 Å². The molecule has 1 amide bonds. The molecule has 1 aromatic heterocycles. The molecule has 8 heteroatoms. The number of hydrogen-bond donors (Lipinski definition) is 2. The Morgan fingerprint density at radius 1 is 0.919 bits per heavy atom. The average Bonchev–Trinajstić information content (AvgIpc) is 3.34. The van der Waals surface area contributed by atoms with Crippen molar-refractivity contribution in [3.63, 3.8) is 0 Å². The summed E-state index contributed by atoms with van der Waals surface area (Å²) in [5, 5.41) is 12.4. The van der Waals surface area contributed by atoms with E-state index in [4.69, 9.17) is 0 Å². The van der Waals surface area contributed by atoms with Crippen molar-refractivity contribution >= 4 is 56.7 Å². The van der Waals surface area contributed by atoms with Gasteiger partial charge in [0, 0.05) is 11.3 Å². The molecule has 2 N–H and O–H groups in total. The Labute approximate surface area is 225 Å². The highest BCUT2D eigenvalue weighted by Gasteiger charge is 2.35. The zero-order chi connectivity index (χ0) is 25.8. The third-order valence-corrected chi connectivity index (χ3v) is 9.85. The third kappa shape index (κ3) is 6.24. The van der Waals surface area contributed by atoms with Crippen LogP contribution < -0.4 is 5.32 Å². The molecule has 0 spiro atoms. The lowest BCUT2D eigenvalue weighted by molar-refractivity contribution is -0.147. The largest absolute Gasteiger partial charge is 0.481 e. The number of Topliss-reactive ketones (excluding diaryl/α,β-unsaturated/α-hetero) is 1. The first-order valence-corrected chi connectivity index (χ1v) is 15.0. The molecule has 0 bridgehead atoms. The summed E-state index contributed by atoms with van der Waals surface area (Å²) in [7, 11) is 0. The molecule has 6 nitrogen and oxygen atoms in total. The van der Waals surface area contributed by atoms with Gasteiger partial charge in [0.1, 0.15) is 0 Å². The van der Waals surface area contributed by atoms with E-state index >= 15 is 0 Å². The average molecular weight is 537 g/mol. The van der Waals surface area contributed by atoms with E-state index in [1.54, 1.807) is 6.07 Å². The zero-order valence-electron chi connectivity index (χ0n) is 20.8. The number of thioether (sulfide) groups is 1. The van der Waals surface area contributed by atoms with Gasteiger partial charge >= 0.3 is 5.97 Å². The van der Waals surface area contributed by atoms with Crippen molar-refractivity contribution in [1.82, 2.24) is 4.98 Å². The summed E-state index contributed by atoms with van der Waals surface area (Å²) >= 11 is 2.92. The van der Waals surface area contributed by atoms with Crippen LogP contribution >= 0.6 is 23.1 Å². The first kappa shape index (κ1) is 25.9. The number of amides is 1. The van der Waals surface area contributed by atoms with Crippen molar-refractivity contribution in [3.05, 3.63) is 53.6 Å². The van der Waals surface area contributed by atoms with E-state index in [-0.39, 0.29) is 11.7 Å². The fourth-order valence-electron chi connectivity index (χ4n) is 5.61. The van der Waals surface area contributed by atoms with Gasteiger partial charge in [0.05, 0.1) is 27.8 Å². The lowest BCUT2D eigenvalue weighted by Gasteiger charge is -2.27. The van der Waals surface area contributed by atoms with Gasteiger partial charge in [0.25, 0.3) is 0 Å². The lowest BCUT2D eigenvalue weighted by Crippen LogP contribution is -2.36. The van der Waals surface area contributed by atoms with Crippen LogP contribution in [0.5, 0.6) is 0 Å². The highest BCUT2D eigenvalue weighted by atomic mass is 32.2. The predicted octanol–water partition coefficient (Wildman–Crippen LogP) is 7.15. The van der Waals surface area contributed by atoms with Crippen LogP contribution in [0.3, 0.4) is 0 Å². The van der Waals surface area contributed by atoms with E-state index in [9.17, 15) is 19.5 Å². The van der Waals surface area contributed by atoms with Gasteiger partial charge in [-0.25, -0.2) is 4.98 Å². The van der Waals surface area contributed by atoms with Gasteiger partial charge in [0.15, 0.2) is 10.1 Å². The number of rotatable bonds is 8. The standard InChI is InChI=1S/C29H32N2O4S2/c32-25(20-12-10-19(11-13-20)18-6-2-1-3-7-18)17-36-29-31-24-15-14-21(16-26(24)37-29)30-27(33)22-8-4-5-9-23(22)28(34)35/h10-16,18,22-23H,1-9,17H2,(H,30,33)(H,34,35)/t22-,23-/m1/s1. The first-order chi connectivity index (χ1) is 18.0. The second kappa shape index (κ2) is 11.8. The fourth-order valence-corrected chi connectivity index (χ4v) is 7.61. The number of carbonyl (C=O) groups is 3. The van der Waals surface area contributed by atoms with E-state index in [0.29, 0.717) is 30.2 Å². The number of benzene rings is 2. The number of carboxylic acids is 1. The van der Waals surface area contributed by atoms with Crippen LogP contribution in [0.1, 0.15) is 79.6 Å². The summed E-state index contributed by atoms with van der Waals surface area (Å²) in [6.45, 7) is 0. The van der Waals surface area contributed by atoms with Gasteiger partial charge in [-0.3, -0.25) is 14.4 Å². The van der Waals surface area contributed by atoms with Crippen molar-refractivity contribution < 1.29 is 19.5 Å². The van der Waals surface area contributed by atoms with Crippen molar-refractivity contribution in [2.24, 2.45) is 11.8 Å². The van der Waals surface area contributed by atoms with Gasteiger partial charge in [-0.1, -0.05) is 68.1 Å². The Morgan fingerprint density at radius 3 is 2.35 bits per heavy atom. The summed E-state index contributed by atoms with van der Waals surface area (Å²) < 4.78 is 1.73. The van der Waals surface area contributed by atoms with Crippen molar-refractivity contribution in [2.45, 2.75) is 68.0 Å². The number of nitrogens with zero attached hydrogens (tertiary/aromatic N) is 1. The number of ketones is 1. The smallest absolute Gasteiger partial charge is 0.307 e. The summed E-state index contributed by atoms with van der Waals surface area (Å²) in [5.74, 6) is -1.20. The van der Waals surface area contributed by atoms with Crippen molar-refractivity contribution in [3.8, 4) is 0 Å². The Bertz CT molecular complexity index is 1280. The molecule has 0 saturated heterocycles. The highest BCUT2D eigenvalue weighted by molar-refractivity contribution is 8.01. The lowest BCUT2D eigenvalue weighted by atomic mass is 9.78. The molecular weight excluding hydrogens is 504 g/mol. The molecule has 2 aliphatic carbocycles. The number of carbonyl (C=O) groups excluding carboxylic acids is 2. The number of nitrogens with one attached hydrogen (secondary N) is 1. The second-order valence-electron chi connectivity index (χ2n) is 10.2. The number of fused-ring (bicyclic) bond motifs is 1. The van der Waals surface area contributed by atoms with E-state index in [0.717, 1.165) is 33.0 Å². The minimum absolute atomic E-state index is 0.0906. The molecule has 0 aliphatic heterocycles. The highest BCUT2D eigenvalue weighted by Crippen LogP contribution is 2.35. The maximum atomic E-state index is 12.8. The molecule has 2 fully saturated rings. The zero-order valence-corrected chi connectivity index (χ0v) is 22.4. The molecular formula is C29H32N2O4S2. The van der Waals surface area contributed by atoms with Crippen LogP contribution in [0, 0.1) is 11.8 Å². The molecule has 2 saturated carbocycles. The number of hydrogen-bond acceptors (Lipinski definition) is 6. The Balaban J connectivity index is 1.19. The molecule has 1 heterocycles. The van der Waals surface area contributed by atoms with Crippen LogP contribution in [-0.4, -0.2) is 33.5 Å². The summed E-state index contributed by atoms with van der Waals surface area (Å²) in [6, 6.07) is 13.7. The first-order valence-electron chi connectivity index (χ1n) is 13.2. The Hall–Kier alpha value is -2.71. The normalized spacial score (nSPS) is 20.5. The van der Waals surface area contributed by atoms with Gasteiger partial charge in [0.2, 0.25) is 5.91 Å². The van der Waals surface area contributed by atoms with E-state index in [1.165, 1.54) is 60.8 Å².